The number of fused-ring (bicyclic) bond motifs is 1. The zero-order chi connectivity index (χ0) is 19.4. The largest absolute Gasteiger partial charge is 0.497 e. The van der Waals surface area contributed by atoms with Gasteiger partial charge >= 0.3 is 0 Å². The van der Waals surface area contributed by atoms with Crippen LogP contribution in [0.3, 0.4) is 0 Å². The smallest absolute Gasteiger partial charge is 0.186 e. The van der Waals surface area contributed by atoms with Crippen molar-refractivity contribution in [1.29, 1.82) is 0 Å². The average Bonchev–Trinajstić information content (AvgIpc) is 3.12. The summed E-state index contributed by atoms with van der Waals surface area (Å²) in [5.74, 6) is 1.86. The summed E-state index contributed by atoms with van der Waals surface area (Å²) in [5, 5.41) is 1.02. The maximum Gasteiger partial charge on any atom is 0.186 e. The lowest BCUT2D eigenvalue weighted by Gasteiger charge is -2.12. The second-order valence-electron chi connectivity index (χ2n) is 5.77. The van der Waals surface area contributed by atoms with E-state index in [4.69, 9.17) is 14.2 Å². The monoisotopic (exact) mass is 383 g/mol. The van der Waals surface area contributed by atoms with Crippen molar-refractivity contribution in [1.82, 2.24) is 4.98 Å². The molecule has 0 unspecified atom stereocenters. The van der Waals surface area contributed by atoms with Crippen LogP contribution < -0.4 is 14.2 Å². The van der Waals surface area contributed by atoms with Crippen LogP contribution in [0.25, 0.3) is 17.0 Å². The second-order valence-corrected chi connectivity index (χ2v) is 6.62. The van der Waals surface area contributed by atoms with Crippen molar-refractivity contribution < 1.29 is 19.0 Å². The van der Waals surface area contributed by atoms with E-state index in [-0.39, 0.29) is 5.78 Å². The Bertz CT molecular complexity index is 982. The third-order valence-corrected chi connectivity index (χ3v) is 5.03. The maximum absolute atomic E-state index is 12.7. The summed E-state index contributed by atoms with van der Waals surface area (Å²) < 4.78 is 16.0. The molecule has 3 rings (SSSR count). The molecule has 0 saturated heterocycles. The van der Waals surface area contributed by atoms with Crippen molar-refractivity contribution in [3.05, 3.63) is 53.7 Å². The number of methoxy groups -OCH3 is 3. The molecule has 27 heavy (non-hydrogen) atoms. The number of aromatic nitrogens is 1. The molecule has 0 amide bonds. The van der Waals surface area contributed by atoms with E-state index in [1.165, 1.54) is 11.8 Å². The van der Waals surface area contributed by atoms with Crippen molar-refractivity contribution in [3.63, 3.8) is 0 Å². The van der Waals surface area contributed by atoms with Crippen LogP contribution in [-0.4, -0.2) is 38.4 Å². The van der Waals surface area contributed by atoms with Crippen LogP contribution in [0.1, 0.15) is 15.9 Å². The molecule has 0 saturated carbocycles. The molecule has 2 aromatic carbocycles. The van der Waals surface area contributed by atoms with Gasteiger partial charge in [0.05, 0.1) is 26.2 Å². The molecule has 1 heterocycles. The standard InChI is InChI=1S/C21H21NO4S/c1-24-15-6-7-16-13(12-22-17(16)11-15)5-8-18(23)14-9-19(25-2)21(26-3)20(10-14)27-4/h5-12,22H,1-4H3/b8-5+. The third kappa shape index (κ3) is 3.80. The number of thioether (sulfide) groups is 1. The van der Waals surface area contributed by atoms with Gasteiger partial charge in [0.15, 0.2) is 17.3 Å². The number of hydrogen-bond acceptors (Lipinski definition) is 5. The maximum atomic E-state index is 12.7. The summed E-state index contributed by atoms with van der Waals surface area (Å²) in [7, 11) is 4.78. The minimum Gasteiger partial charge on any atom is -0.497 e. The second kappa shape index (κ2) is 8.22. The number of benzene rings is 2. The Labute approximate surface area is 162 Å². The lowest BCUT2D eigenvalue weighted by Crippen LogP contribution is -1.99. The van der Waals surface area contributed by atoms with Crippen molar-refractivity contribution in [2.75, 3.05) is 27.6 Å². The summed E-state index contributed by atoms with van der Waals surface area (Å²) in [4.78, 5) is 16.7. The highest BCUT2D eigenvalue weighted by atomic mass is 32.2. The Morgan fingerprint density at radius 2 is 1.89 bits per heavy atom. The van der Waals surface area contributed by atoms with Gasteiger partial charge in [-0.3, -0.25) is 4.79 Å². The van der Waals surface area contributed by atoms with Gasteiger partial charge in [-0.1, -0.05) is 0 Å². The van der Waals surface area contributed by atoms with E-state index in [0.717, 1.165) is 27.1 Å². The molecule has 0 atom stereocenters. The van der Waals surface area contributed by atoms with Gasteiger partial charge in [-0.25, -0.2) is 0 Å². The van der Waals surface area contributed by atoms with Crippen molar-refractivity contribution in [2.24, 2.45) is 0 Å². The number of ketones is 1. The summed E-state index contributed by atoms with van der Waals surface area (Å²) in [6.07, 6.45) is 7.18. The van der Waals surface area contributed by atoms with Crippen LogP contribution in [0.2, 0.25) is 0 Å². The molecule has 0 aliphatic rings. The van der Waals surface area contributed by atoms with Crippen LogP contribution in [0.5, 0.6) is 17.2 Å². The number of carbonyl (C=O) groups is 1. The predicted octanol–water partition coefficient (Wildman–Crippen LogP) is 4.81. The fraction of sp³-hybridized carbons (Fsp3) is 0.190. The van der Waals surface area contributed by atoms with Crippen LogP contribution in [-0.2, 0) is 0 Å². The molecule has 0 fully saturated rings. The van der Waals surface area contributed by atoms with Crippen molar-refractivity contribution in [3.8, 4) is 17.2 Å². The van der Waals surface area contributed by atoms with Crippen molar-refractivity contribution in [2.45, 2.75) is 4.90 Å². The Balaban J connectivity index is 1.91. The number of hydrogen-bond donors (Lipinski definition) is 1. The van der Waals surface area contributed by atoms with Gasteiger partial charge in [-0.05, 0) is 48.2 Å². The number of ether oxygens (including phenoxy) is 3. The lowest BCUT2D eigenvalue weighted by molar-refractivity contribution is 0.104. The minimum atomic E-state index is -0.103. The summed E-state index contributed by atoms with van der Waals surface area (Å²) in [6.45, 7) is 0. The molecular weight excluding hydrogens is 362 g/mol. The molecule has 1 N–H and O–H groups in total. The van der Waals surface area contributed by atoms with Crippen LogP contribution in [0.4, 0.5) is 0 Å². The molecule has 6 heteroatoms. The first-order chi connectivity index (χ1) is 13.1. The molecule has 1 aromatic heterocycles. The fourth-order valence-electron chi connectivity index (χ4n) is 2.88. The van der Waals surface area contributed by atoms with Gasteiger partial charge < -0.3 is 19.2 Å². The molecule has 0 spiro atoms. The number of carbonyl (C=O) groups excluding carboxylic acids is 1. The van der Waals surface area contributed by atoms with Crippen LogP contribution in [0, 0.1) is 0 Å². The zero-order valence-corrected chi connectivity index (χ0v) is 16.5. The molecule has 140 valence electrons. The quantitative estimate of drug-likeness (QED) is 0.360. The Morgan fingerprint density at radius 1 is 1.07 bits per heavy atom. The normalized spacial score (nSPS) is 11.1. The Hall–Kier alpha value is -2.86. The van der Waals surface area contributed by atoms with Crippen molar-refractivity contribution >= 4 is 34.5 Å². The molecule has 3 aromatic rings. The van der Waals surface area contributed by atoms with E-state index in [1.807, 2.05) is 42.8 Å². The van der Waals surface area contributed by atoms with Gasteiger partial charge in [0, 0.05) is 28.7 Å². The topological polar surface area (TPSA) is 60.6 Å². The first kappa shape index (κ1) is 18.9. The molecule has 0 aliphatic carbocycles. The van der Waals surface area contributed by atoms with E-state index < -0.39 is 0 Å². The SMILES string of the molecule is COc1ccc2c(/C=C/C(=O)c3cc(OC)c(OC)c(SC)c3)c[nH]c2c1. The first-order valence-corrected chi connectivity index (χ1v) is 9.51. The van der Waals surface area contributed by atoms with E-state index in [2.05, 4.69) is 4.98 Å². The summed E-state index contributed by atoms with van der Waals surface area (Å²) >= 11 is 1.50. The average molecular weight is 383 g/mol. The van der Waals surface area contributed by atoms with E-state index in [1.54, 1.807) is 33.5 Å². The molecule has 5 nitrogen and oxygen atoms in total. The number of nitrogens with one attached hydrogen (secondary N) is 1. The first-order valence-electron chi connectivity index (χ1n) is 8.28. The number of allylic oxidation sites excluding steroid dienone is 1. The third-order valence-electron chi connectivity index (χ3n) is 4.28. The number of rotatable bonds is 7. The van der Waals surface area contributed by atoms with E-state index >= 15 is 0 Å². The van der Waals surface area contributed by atoms with Gasteiger partial charge in [-0.2, -0.15) is 0 Å². The summed E-state index contributed by atoms with van der Waals surface area (Å²) in [6, 6.07) is 9.31. The van der Waals surface area contributed by atoms with Gasteiger partial charge in [-0.15, -0.1) is 11.8 Å². The molecule has 0 bridgehead atoms. The highest BCUT2D eigenvalue weighted by Gasteiger charge is 2.14. The molecule has 0 aliphatic heterocycles. The summed E-state index contributed by atoms with van der Waals surface area (Å²) in [5.41, 5.74) is 2.44. The van der Waals surface area contributed by atoms with E-state index in [0.29, 0.717) is 17.1 Å². The Morgan fingerprint density at radius 3 is 2.56 bits per heavy atom. The van der Waals surface area contributed by atoms with Gasteiger partial charge in [0.1, 0.15) is 5.75 Å². The lowest BCUT2D eigenvalue weighted by atomic mass is 10.1. The van der Waals surface area contributed by atoms with Gasteiger partial charge in [0.25, 0.3) is 0 Å². The highest BCUT2D eigenvalue weighted by molar-refractivity contribution is 7.98. The number of aromatic amines is 1. The number of H-pyrrole nitrogens is 1. The highest BCUT2D eigenvalue weighted by Crippen LogP contribution is 2.38. The Kier molecular flexibility index (Phi) is 5.76. The van der Waals surface area contributed by atoms with Crippen LogP contribution >= 0.6 is 11.8 Å². The zero-order valence-electron chi connectivity index (χ0n) is 15.7. The van der Waals surface area contributed by atoms with Gasteiger partial charge in [0.2, 0.25) is 0 Å². The van der Waals surface area contributed by atoms with E-state index in [9.17, 15) is 4.79 Å². The predicted molar refractivity (Wildman–Crippen MR) is 110 cm³/mol. The molecular formula is C21H21NO4S. The fourth-order valence-corrected chi connectivity index (χ4v) is 3.49. The molecule has 0 radical (unpaired) electrons. The minimum absolute atomic E-state index is 0.103. The van der Waals surface area contributed by atoms with Crippen LogP contribution in [0.15, 0.2) is 47.5 Å².